The van der Waals surface area contributed by atoms with Gasteiger partial charge in [0.2, 0.25) is 0 Å². The van der Waals surface area contributed by atoms with Crippen molar-refractivity contribution in [3.8, 4) is 0 Å². The fourth-order valence-electron chi connectivity index (χ4n) is 2.77. The Morgan fingerprint density at radius 1 is 0.962 bits per heavy atom. The predicted octanol–water partition coefficient (Wildman–Crippen LogP) is 4.36. The number of quaternary nitrogens is 1. The summed E-state index contributed by atoms with van der Waals surface area (Å²) in [5, 5.41) is 7.43. The van der Waals surface area contributed by atoms with Gasteiger partial charge in [0.1, 0.15) is 6.21 Å². The van der Waals surface area contributed by atoms with Gasteiger partial charge in [-0.1, -0.05) is 28.9 Å². The van der Waals surface area contributed by atoms with E-state index in [1.54, 1.807) is 18.6 Å². The highest BCUT2D eigenvalue weighted by Gasteiger charge is 2.42. The van der Waals surface area contributed by atoms with Crippen LogP contribution in [-0.2, 0) is 6.18 Å². The van der Waals surface area contributed by atoms with Crippen LogP contribution in [0.5, 0.6) is 0 Å². The zero-order valence-electron chi connectivity index (χ0n) is 13.4. The SMILES string of the molecule is FC(F)(F)c1cccc(NC2=N[N+]3(c4ccccc4)C=CN=CC3=N2)c1. The molecule has 5 nitrogen and oxygen atoms in total. The first kappa shape index (κ1) is 16.2. The van der Waals surface area contributed by atoms with Gasteiger partial charge in [0.05, 0.1) is 11.8 Å². The van der Waals surface area contributed by atoms with Crippen molar-refractivity contribution in [3.63, 3.8) is 0 Å². The third-order valence-corrected chi connectivity index (χ3v) is 3.98. The van der Waals surface area contributed by atoms with E-state index >= 15 is 0 Å². The lowest BCUT2D eigenvalue weighted by atomic mass is 10.2. The lowest BCUT2D eigenvalue weighted by Crippen LogP contribution is -2.44. The fraction of sp³-hybridized carbons (Fsp3) is 0.0556. The van der Waals surface area contributed by atoms with Gasteiger partial charge in [0.15, 0.2) is 11.9 Å². The summed E-state index contributed by atoms with van der Waals surface area (Å²) < 4.78 is 38.6. The van der Waals surface area contributed by atoms with Crippen molar-refractivity contribution in [3.05, 3.63) is 72.6 Å². The molecule has 0 radical (unpaired) electrons. The molecule has 2 aliphatic heterocycles. The van der Waals surface area contributed by atoms with Crippen LogP contribution in [0.1, 0.15) is 5.56 Å². The second-order valence-electron chi connectivity index (χ2n) is 5.69. The molecule has 2 aromatic carbocycles. The monoisotopic (exact) mass is 356 g/mol. The molecule has 1 atom stereocenters. The molecule has 26 heavy (non-hydrogen) atoms. The largest absolute Gasteiger partial charge is 0.416 e. The van der Waals surface area contributed by atoms with Crippen LogP contribution >= 0.6 is 0 Å². The summed E-state index contributed by atoms with van der Waals surface area (Å²) in [7, 11) is 0. The molecule has 0 fully saturated rings. The van der Waals surface area contributed by atoms with Crippen molar-refractivity contribution in [2.24, 2.45) is 15.1 Å². The number of nitrogens with zero attached hydrogens (tertiary/aromatic N) is 4. The number of hydrogen-bond donors (Lipinski definition) is 1. The molecule has 1 N–H and O–H groups in total. The van der Waals surface area contributed by atoms with E-state index < -0.39 is 11.7 Å². The molecule has 0 amide bonds. The molecular formula is C18H13F3N5+. The first-order valence-corrected chi connectivity index (χ1v) is 7.76. The van der Waals surface area contributed by atoms with Gasteiger partial charge in [-0.05, 0) is 23.3 Å². The summed E-state index contributed by atoms with van der Waals surface area (Å²) >= 11 is 0. The normalized spacial score (nSPS) is 21.2. The first-order chi connectivity index (χ1) is 12.5. The lowest BCUT2D eigenvalue weighted by molar-refractivity contribution is -0.137. The van der Waals surface area contributed by atoms with Gasteiger partial charge in [0.25, 0.3) is 11.8 Å². The van der Waals surface area contributed by atoms with Crippen LogP contribution in [0, 0.1) is 0 Å². The Labute approximate surface area is 147 Å². The molecule has 0 bridgehead atoms. The second kappa shape index (κ2) is 5.92. The maximum atomic E-state index is 12.9. The molecule has 2 aliphatic rings. The molecule has 1 unspecified atom stereocenters. The van der Waals surface area contributed by atoms with Crippen LogP contribution in [0.2, 0.25) is 0 Å². The summed E-state index contributed by atoms with van der Waals surface area (Å²) in [6.45, 7) is 0. The number of alkyl halides is 3. The van der Waals surface area contributed by atoms with Gasteiger partial charge in [-0.3, -0.25) is 4.99 Å². The summed E-state index contributed by atoms with van der Waals surface area (Å²) in [6, 6.07) is 14.4. The van der Waals surface area contributed by atoms with Crippen molar-refractivity contribution in [2.45, 2.75) is 6.18 Å². The van der Waals surface area contributed by atoms with Crippen LogP contribution in [-0.4, -0.2) is 18.0 Å². The number of amidine groups is 1. The van der Waals surface area contributed by atoms with Crippen molar-refractivity contribution >= 4 is 29.4 Å². The molecule has 2 heterocycles. The highest BCUT2D eigenvalue weighted by atomic mass is 19.4. The maximum Gasteiger partial charge on any atom is 0.416 e. The number of anilines is 1. The van der Waals surface area contributed by atoms with Gasteiger partial charge in [-0.15, -0.1) is 0 Å². The Balaban J connectivity index is 1.70. The Morgan fingerprint density at radius 2 is 1.77 bits per heavy atom. The van der Waals surface area contributed by atoms with Crippen LogP contribution in [0.15, 0.2) is 82.1 Å². The van der Waals surface area contributed by atoms with E-state index in [4.69, 9.17) is 0 Å². The molecule has 8 heteroatoms. The summed E-state index contributed by atoms with van der Waals surface area (Å²) in [4.78, 5) is 8.47. The van der Waals surface area contributed by atoms with Crippen molar-refractivity contribution < 1.29 is 13.2 Å². The van der Waals surface area contributed by atoms with Crippen molar-refractivity contribution in [1.29, 1.82) is 0 Å². The van der Waals surface area contributed by atoms with Gasteiger partial charge in [-0.25, -0.2) is 0 Å². The minimum atomic E-state index is -4.41. The van der Waals surface area contributed by atoms with Crippen LogP contribution in [0.3, 0.4) is 0 Å². The van der Waals surface area contributed by atoms with E-state index in [1.165, 1.54) is 12.1 Å². The summed E-state index contributed by atoms with van der Waals surface area (Å²) in [6.07, 6.45) is 0.542. The van der Waals surface area contributed by atoms with E-state index in [1.807, 2.05) is 30.3 Å². The third kappa shape index (κ3) is 2.80. The van der Waals surface area contributed by atoms with Crippen LogP contribution in [0.4, 0.5) is 24.5 Å². The van der Waals surface area contributed by atoms with E-state index in [0.717, 1.165) is 17.8 Å². The minimum Gasteiger partial charge on any atom is -0.320 e. The molecular weight excluding hydrogens is 343 g/mol. The lowest BCUT2D eigenvalue weighted by Gasteiger charge is -2.23. The zero-order chi connectivity index (χ0) is 18.2. The molecule has 2 aromatic rings. The smallest absolute Gasteiger partial charge is 0.320 e. The number of fused-ring (bicyclic) bond motifs is 1. The highest BCUT2D eigenvalue weighted by molar-refractivity contribution is 6.38. The van der Waals surface area contributed by atoms with Gasteiger partial charge in [0, 0.05) is 17.8 Å². The average molecular weight is 356 g/mol. The standard InChI is InChI=1S/C18H13F3N5/c19-18(20,21)13-5-4-6-14(11-13)23-17-24-16-12-22-9-10-26(16,25-17)15-7-2-1-3-8-15/h1-12H,(H,23,25)/q+1. The Morgan fingerprint density at radius 3 is 2.54 bits per heavy atom. The quantitative estimate of drug-likeness (QED) is 0.799. The van der Waals surface area contributed by atoms with E-state index in [0.29, 0.717) is 5.84 Å². The minimum absolute atomic E-state index is 0.0222. The Bertz CT molecular complexity index is 960. The van der Waals surface area contributed by atoms with E-state index in [2.05, 4.69) is 20.4 Å². The molecule has 0 aromatic heterocycles. The average Bonchev–Trinajstić information content (AvgIpc) is 3.01. The van der Waals surface area contributed by atoms with Gasteiger partial charge >= 0.3 is 6.18 Å². The Hall–Kier alpha value is -3.26. The number of rotatable bonds is 2. The van der Waals surface area contributed by atoms with Gasteiger partial charge < -0.3 is 5.32 Å². The summed E-state index contributed by atoms with van der Waals surface area (Å²) in [5.74, 6) is 0.759. The van der Waals surface area contributed by atoms with Crippen LogP contribution < -0.4 is 9.91 Å². The molecule has 4 rings (SSSR count). The molecule has 0 saturated carbocycles. The number of aliphatic imine (C=N–C) groups is 2. The zero-order valence-corrected chi connectivity index (χ0v) is 13.4. The van der Waals surface area contributed by atoms with Gasteiger partial charge in [-0.2, -0.15) is 18.2 Å². The van der Waals surface area contributed by atoms with Crippen molar-refractivity contribution in [1.82, 2.24) is 4.59 Å². The number of hydrogen-bond acceptors (Lipinski definition) is 4. The molecule has 0 spiro atoms. The second-order valence-corrected chi connectivity index (χ2v) is 5.69. The topological polar surface area (TPSA) is 49.1 Å². The molecule has 0 saturated heterocycles. The van der Waals surface area contributed by atoms with E-state index in [9.17, 15) is 13.2 Å². The number of nitrogens with one attached hydrogen (secondary N) is 1. The summed E-state index contributed by atoms with van der Waals surface area (Å²) in [5.41, 5.74) is 0.365. The highest BCUT2D eigenvalue weighted by Crippen LogP contribution is 2.32. The first-order valence-electron chi connectivity index (χ1n) is 7.76. The number of halogens is 3. The number of guanidine groups is 1. The van der Waals surface area contributed by atoms with E-state index in [-0.39, 0.29) is 16.2 Å². The number of benzene rings is 2. The maximum absolute atomic E-state index is 12.9. The fourth-order valence-corrected chi connectivity index (χ4v) is 2.77. The Kier molecular flexibility index (Phi) is 3.69. The third-order valence-electron chi connectivity index (χ3n) is 3.98. The molecule has 0 aliphatic carbocycles. The van der Waals surface area contributed by atoms with Crippen LogP contribution in [0.25, 0.3) is 0 Å². The predicted molar refractivity (Wildman–Crippen MR) is 95.8 cm³/mol. The van der Waals surface area contributed by atoms with Crippen molar-refractivity contribution in [2.75, 3.05) is 5.32 Å². The number of para-hydroxylation sites is 1. The molecule has 130 valence electrons.